The van der Waals surface area contributed by atoms with Crippen molar-refractivity contribution in [3.8, 4) is 0 Å². The summed E-state index contributed by atoms with van der Waals surface area (Å²) < 4.78 is 0. The molecule has 0 saturated carbocycles. The minimum Gasteiger partial charge on any atom is -0.395 e. The van der Waals surface area contributed by atoms with Crippen molar-refractivity contribution < 1.29 is 5.11 Å². The molecule has 1 N–H and O–H groups in total. The topological polar surface area (TPSA) is 26.7 Å². The lowest BCUT2D eigenvalue weighted by Crippen LogP contribution is -2.26. The molecule has 3 nitrogen and oxygen atoms in total. The third-order valence-corrected chi connectivity index (χ3v) is 2.79. The number of nitrogens with zero attached hydrogens (tertiary/aromatic N) is 2. The highest BCUT2D eigenvalue weighted by Gasteiger charge is 2.23. The lowest BCUT2D eigenvalue weighted by molar-refractivity contribution is 0.235. The Balaban J connectivity index is 2.38. The Morgan fingerprint density at radius 3 is 2.85 bits per heavy atom. The molecule has 13 heavy (non-hydrogen) atoms. The monoisotopic (exact) mass is 184 g/mol. The third-order valence-electron chi connectivity index (χ3n) is 2.79. The van der Waals surface area contributed by atoms with E-state index in [0.717, 1.165) is 13.1 Å². The van der Waals surface area contributed by atoms with E-state index in [0.29, 0.717) is 12.5 Å². The molecule has 0 bridgehead atoms. The second-order valence-electron chi connectivity index (χ2n) is 3.88. The van der Waals surface area contributed by atoms with Crippen molar-refractivity contribution in [1.29, 1.82) is 0 Å². The first-order valence-corrected chi connectivity index (χ1v) is 4.84. The molecule has 0 unspecified atom stereocenters. The SMILES string of the molecule is C=C([C@@H]1CCN(C)C1)N(C)CCO. The lowest BCUT2D eigenvalue weighted by atomic mass is 10.1. The summed E-state index contributed by atoms with van der Waals surface area (Å²) in [5, 5.41) is 8.79. The van der Waals surface area contributed by atoms with E-state index in [4.69, 9.17) is 5.11 Å². The minimum atomic E-state index is 0.206. The molecule has 0 aliphatic carbocycles. The molecule has 0 amide bonds. The molecule has 0 radical (unpaired) electrons. The molecule has 1 aliphatic heterocycles. The Labute approximate surface area is 80.6 Å². The highest BCUT2D eigenvalue weighted by Crippen LogP contribution is 2.22. The largest absolute Gasteiger partial charge is 0.395 e. The van der Waals surface area contributed by atoms with Crippen LogP contribution in [-0.4, -0.2) is 55.2 Å². The molecule has 1 saturated heterocycles. The molecule has 0 aromatic rings. The van der Waals surface area contributed by atoms with Crippen molar-refractivity contribution in [1.82, 2.24) is 9.80 Å². The Morgan fingerprint density at radius 1 is 1.69 bits per heavy atom. The molecule has 76 valence electrons. The number of likely N-dealkylation sites (N-methyl/N-ethyl adjacent to an activating group) is 1. The number of aliphatic hydroxyl groups is 1. The van der Waals surface area contributed by atoms with E-state index in [9.17, 15) is 0 Å². The van der Waals surface area contributed by atoms with Crippen LogP contribution in [-0.2, 0) is 0 Å². The van der Waals surface area contributed by atoms with Crippen molar-refractivity contribution in [2.24, 2.45) is 5.92 Å². The van der Waals surface area contributed by atoms with E-state index >= 15 is 0 Å². The lowest BCUT2D eigenvalue weighted by Gasteiger charge is -2.25. The summed E-state index contributed by atoms with van der Waals surface area (Å²) in [5.74, 6) is 0.585. The fraction of sp³-hybridized carbons (Fsp3) is 0.800. The van der Waals surface area contributed by atoms with Gasteiger partial charge in [-0.1, -0.05) is 6.58 Å². The Morgan fingerprint density at radius 2 is 2.38 bits per heavy atom. The second-order valence-corrected chi connectivity index (χ2v) is 3.88. The summed E-state index contributed by atoms with van der Waals surface area (Å²) in [6.07, 6.45) is 1.20. The minimum absolute atomic E-state index is 0.206. The van der Waals surface area contributed by atoms with Crippen LogP contribution in [0.1, 0.15) is 6.42 Å². The molecule has 0 aromatic heterocycles. The molecule has 1 aliphatic rings. The highest BCUT2D eigenvalue weighted by molar-refractivity contribution is 5.02. The Bertz CT molecular complexity index is 182. The molecule has 1 rings (SSSR count). The van der Waals surface area contributed by atoms with Gasteiger partial charge in [0.1, 0.15) is 0 Å². The van der Waals surface area contributed by atoms with E-state index in [1.807, 2.05) is 7.05 Å². The summed E-state index contributed by atoms with van der Waals surface area (Å²) in [5.41, 5.74) is 1.17. The third kappa shape index (κ3) is 2.71. The Hall–Kier alpha value is -0.540. The summed E-state index contributed by atoms with van der Waals surface area (Å²) >= 11 is 0. The summed E-state index contributed by atoms with van der Waals surface area (Å²) in [6.45, 7) is 7.25. The van der Waals surface area contributed by atoms with Crippen LogP contribution in [0.25, 0.3) is 0 Å². The van der Waals surface area contributed by atoms with Gasteiger partial charge in [0, 0.05) is 31.8 Å². The molecule has 1 atom stereocenters. The van der Waals surface area contributed by atoms with Crippen LogP contribution in [0.2, 0.25) is 0 Å². The van der Waals surface area contributed by atoms with E-state index in [2.05, 4.69) is 23.4 Å². The van der Waals surface area contributed by atoms with Gasteiger partial charge in [-0.25, -0.2) is 0 Å². The maximum Gasteiger partial charge on any atom is 0.0606 e. The first-order chi connectivity index (χ1) is 6.15. The number of hydrogen-bond donors (Lipinski definition) is 1. The zero-order chi connectivity index (χ0) is 9.84. The normalized spacial score (nSPS) is 23.5. The van der Waals surface area contributed by atoms with Crippen molar-refractivity contribution in [3.63, 3.8) is 0 Å². The average Bonchev–Trinajstić information content (AvgIpc) is 2.51. The standard InChI is InChI=1S/C10H20N2O/c1-9(12(3)6-7-13)10-4-5-11(2)8-10/h10,13H,1,4-8H2,2-3H3/t10-/m1/s1. The fourth-order valence-electron chi connectivity index (χ4n) is 1.81. The van der Waals surface area contributed by atoms with Crippen LogP contribution in [0.15, 0.2) is 12.3 Å². The van der Waals surface area contributed by atoms with Gasteiger partial charge in [-0.3, -0.25) is 0 Å². The van der Waals surface area contributed by atoms with Gasteiger partial charge >= 0.3 is 0 Å². The van der Waals surface area contributed by atoms with E-state index < -0.39 is 0 Å². The predicted molar refractivity (Wildman–Crippen MR) is 54.5 cm³/mol. The number of likely N-dealkylation sites (tertiary alicyclic amines) is 1. The van der Waals surface area contributed by atoms with E-state index in [1.165, 1.54) is 12.1 Å². The molecular weight excluding hydrogens is 164 g/mol. The summed E-state index contributed by atoms with van der Waals surface area (Å²) in [6, 6.07) is 0. The van der Waals surface area contributed by atoms with Gasteiger partial charge in [-0.05, 0) is 20.0 Å². The van der Waals surface area contributed by atoms with Crippen LogP contribution in [0.4, 0.5) is 0 Å². The molecular formula is C10H20N2O. The van der Waals surface area contributed by atoms with Crippen LogP contribution in [0.3, 0.4) is 0 Å². The van der Waals surface area contributed by atoms with Crippen LogP contribution < -0.4 is 0 Å². The molecule has 3 heteroatoms. The summed E-state index contributed by atoms with van der Waals surface area (Å²) in [7, 11) is 4.14. The van der Waals surface area contributed by atoms with Gasteiger partial charge in [0.05, 0.1) is 6.61 Å². The molecule has 1 heterocycles. The van der Waals surface area contributed by atoms with Crippen LogP contribution in [0.5, 0.6) is 0 Å². The predicted octanol–water partition coefficient (Wildman–Crippen LogP) is 0.376. The molecule has 1 fully saturated rings. The van der Waals surface area contributed by atoms with Gasteiger partial charge < -0.3 is 14.9 Å². The van der Waals surface area contributed by atoms with E-state index in [1.54, 1.807) is 0 Å². The maximum atomic E-state index is 8.79. The number of aliphatic hydroxyl groups excluding tert-OH is 1. The van der Waals surface area contributed by atoms with Crippen molar-refractivity contribution >= 4 is 0 Å². The van der Waals surface area contributed by atoms with E-state index in [-0.39, 0.29) is 6.61 Å². The first kappa shape index (κ1) is 10.5. The summed E-state index contributed by atoms with van der Waals surface area (Å²) in [4.78, 5) is 4.38. The van der Waals surface area contributed by atoms with Gasteiger partial charge in [-0.15, -0.1) is 0 Å². The number of hydrogen-bond acceptors (Lipinski definition) is 3. The zero-order valence-corrected chi connectivity index (χ0v) is 8.66. The number of rotatable bonds is 4. The van der Waals surface area contributed by atoms with Gasteiger partial charge in [0.2, 0.25) is 0 Å². The highest BCUT2D eigenvalue weighted by atomic mass is 16.3. The second kappa shape index (κ2) is 4.63. The van der Waals surface area contributed by atoms with Crippen LogP contribution >= 0.6 is 0 Å². The maximum absolute atomic E-state index is 8.79. The van der Waals surface area contributed by atoms with Gasteiger partial charge in [0.25, 0.3) is 0 Å². The van der Waals surface area contributed by atoms with Crippen molar-refractivity contribution in [2.75, 3.05) is 40.3 Å². The van der Waals surface area contributed by atoms with Crippen molar-refractivity contribution in [3.05, 3.63) is 12.3 Å². The quantitative estimate of drug-likeness (QED) is 0.684. The molecule has 0 spiro atoms. The van der Waals surface area contributed by atoms with Gasteiger partial charge in [0.15, 0.2) is 0 Å². The van der Waals surface area contributed by atoms with Crippen molar-refractivity contribution in [2.45, 2.75) is 6.42 Å². The zero-order valence-electron chi connectivity index (χ0n) is 8.66. The average molecular weight is 184 g/mol. The Kier molecular flexibility index (Phi) is 3.75. The smallest absolute Gasteiger partial charge is 0.0606 e. The molecule has 0 aromatic carbocycles. The fourth-order valence-corrected chi connectivity index (χ4v) is 1.81. The van der Waals surface area contributed by atoms with Crippen LogP contribution in [0, 0.1) is 5.92 Å². The first-order valence-electron chi connectivity index (χ1n) is 4.84. The van der Waals surface area contributed by atoms with Gasteiger partial charge in [-0.2, -0.15) is 0 Å².